The molecule has 0 amide bonds. The molecule has 0 bridgehead atoms. The number of hydrogen-bond acceptors (Lipinski definition) is 9. The van der Waals surface area contributed by atoms with Crippen molar-refractivity contribution in [3.05, 3.63) is 112 Å². The normalized spacial score (nSPS) is 15.0. The van der Waals surface area contributed by atoms with Crippen LogP contribution >= 0.6 is 22.9 Å². The van der Waals surface area contributed by atoms with E-state index in [9.17, 15) is 19.7 Å². The lowest BCUT2D eigenvalue weighted by Crippen LogP contribution is -2.39. The fourth-order valence-electron chi connectivity index (χ4n) is 4.49. The minimum Gasteiger partial charge on any atom is -0.497 e. The molecule has 1 aliphatic rings. The Hall–Kier alpha value is -4.48. The predicted octanol–water partition coefficient (Wildman–Crippen LogP) is 4.63. The van der Waals surface area contributed by atoms with Crippen molar-refractivity contribution in [2.24, 2.45) is 4.99 Å². The maximum absolute atomic E-state index is 13.8. The maximum atomic E-state index is 13.8. The number of methoxy groups -OCH3 is 1. The monoisotopic (exact) mass is 579 g/mol. The number of allylic oxidation sites excluding steroid dienone is 1. The molecule has 2 aromatic carbocycles. The lowest BCUT2D eigenvalue weighted by atomic mass is 9.95. The first-order valence-corrected chi connectivity index (χ1v) is 13.3. The lowest BCUT2D eigenvalue weighted by Gasteiger charge is -2.24. The van der Waals surface area contributed by atoms with E-state index in [1.807, 2.05) is 0 Å². The van der Waals surface area contributed by atoms with E-state index in [-0.39, 0.29) is 39.8 Å². The van der Waals surface area contributed by atoms with Crippen molar-refractivity contribution < 1.29 is 23.6 Å². The zero-order valence-electron chi connectivity index (χ0n) is 21.5. The summed E-state index contributed by atoms with van der Waals surface area (Å²) in [6.45, 7) is 3.58. The Kier molecular flexibility index (Phi) is 7.42. The number of fused-ring (bicyclic) bond motifs is 1. The molecule has 204 valence electrons. The number of hydrogen-bond donors (Lipinski definition) is 0. The van der Waals surface area contributed by atoms with Gasteiger partial charge in [0.25, 0.3) is 11.2 Å². The number of nitro benzene ring substituents is 1. The van der Waals surface area contributed by atoms with Gasteiger partial charge in [-0.2, -0.15) is 0 Å². The largest absolute Gasteiger partial charge is 0.497 e. The van der Waals surface area contributed by atoms with Crippen LogP contribution in [0.25, 0.3) is 17.4 Å². The smallest absolute Gasteiger partial charge is 0.338 e. The molecule has 12 heteroatoms. The molecule has 0 spiro atoms. The number of ether oxygens (including phenoxy) is 2. The molecule has 5 rings (SSSR count). The van der Waals surface area contributed by atoms with E-state index in [0.29, 0.717) is 32.1 Å². The molecule has 0 fully saturated rings. The zero-order valence-corrected chi connectivity index (χ0v) is 23.1. The second-order valence-electron chi connectivity index (χ2n) is 8.70. The van der Waals surface area contributed by atoms with Crippen LogP contribution in [0.2, 0.25) is 5.02 Å². The predicted molar refractivity (Wildman–Crippen MR) is 149 cm³/mol. The minimum atomic E-state index is -0.795. The summed E-state index contributed by atoms with van der Waals surface area (Å²) < 4.78 is 18.3. The number of esters is 1. The van der Waals surface area contributed by atoms with Gasteiger partial charge in [-0.3, -0.25) is 19.5 Å². The molecule has 1 atom stereocenters. The first kappa shape index (κ1) is 27.1. The molecule has 0 N–H and O–H groups in total. The molecule has 2 aromatic heterocycles. The Labute approximate surface area is 236 Å². The Morgan fingerprint density at radius 3 is 2.77 bits per heavy atom. The van der Waals surface area contributed by atoms with Gasteiger partial charge in [0.1, 0.15) is 17.3 Å². The van der Waals surface area contributed by atoms with Crippen molar-refractivity contribution in [1.82, 2.24) is 4.57 Å². The Morgan fingerprint density at radius 1 is 1.25 bits per heavy atom. The van der Waals surface area contributed by atoms with Crippen LogP contribution < -0.4 is 19.6 Å². The molecule has 3 heterocycles. The third-order valence-corrected chi connectivity index (χ3v) is 7.47. The van der Waals surface area contributed by atoms with Gasteiger partial charge in [0.2, 0.25) is 0 Å². The number of furan rings is 1. The van der Waals surface area contributed by atoms with Gasteiger partial charge in [0.05, 0.1) is 46.0 Å². The van der Waals surface area contributed by atoms with Crippen molar-refractivity contribution in [3.63, 3.8) is 0 Å². The molecule has 0 radical (unpaired) electrons. The van der Waals surface area contributed by atoms with Crippen LogP contribution in [0.15, 0.2) is 80.1 Å². The molecule has 0 saturated heterocycles. The van der Waals surface area contributed by atoms with Gasteiger partial charge in [-0.25, -0.2) is 9.79 Å². The Morgan fingerprint density at radius 2 is 2.05 bits per heavy atom. The SMILES string of the molecule is CCOC(=O)C1=C(C)N=c2sc(=Cc3ccc(-c4ccc(Cl)cc4[N+](=O)[O-])o3)c(=O)n2C1c1cccc(OC)c1. The number of nitro groups is 1. The molecule has 40 heavy (non-hydrogen) atoms. The van der Waals surface area contributed by atoms with Crippen LogP contribution in [-0.4, -0.2) is 29.2 Å². The highest BCUT2D eigenvalue weighted by Crippen LogP contribution is 2.34. The molecule has 4 aromatic rings. The first-order chi connectivity index (χ1) is 19.2. The van der Waals surface area contributed by atoms with E-state index in [2.05, 4.69) is 4.99 Å². The van der Waals surface area contributed by atoms with E-state index in [1.165, 1.54) is 29.9 Å². The van der Waals surface area contributed by atoms with Gasteiger partial charge in [0, 0.05) is 17.2 Å². The first-order valence-electron chi connectivity index (χ1n) is 12.1. The van der Waals surface area contributed by atoms with Crippen LogP contribution in [0.1, 0.15) is 31.2 Å². The molecule has 1 aliphatic heterocycles. The van der Waals surface area contributed by atoms with Crippen LogP contribution in [-0.2, 0) is 9.53 Å². The number of nitrogens with zero attached hydrogens (tertiary/aromatic N) is 3. The standard InChI is InChI=1S/C28H22ClN3O7S/c1-4-38-27(34)24-15(2)30-28-31(25(24)16-6-5-7-18(12-16)37-3)26(33)23(40-28)14-19-9-11-22(39-19)20-10-8-17(29)13-21(20)32(35)36/h5-14,25H,4H2,1-3H3. The van der Waals surface area contributed by atoms with Gasteiger partial charge in [-0.1, -0.05) is 35.1 Å². The summed E-state index contributed by atoms with van der Waals surface area (Å²) in [4.78, 5) is 42.8. The number of carbonyl (C=O) groups is 1. The van der Waals surface area contributed by atoms with Crippen LogP contribution in [0, 0.1) is 10.1 Å². The fraction of sp³-hybridized carbons (Fsp3) is 0.179. The van der Waals surface area contributed by atoms with Gasteiger partial charge in [-0.05, 0) is 55.8 Å². The average Bonchev–Trinajstić information content (AvgIpc) is 3.52. The van der Waals surface area contributed by atoms with Crippen molar-refractivity contribution in [3.8, 4) is 17.1 Å². The Balaban J connectivity index is 1.64. The number of carbonyl (C=O) groups excluding carboxylic acids is 1. The quantitative estimate of drug-likeness (QED) is 0.177. The second-order valence-corrected chi connectivity index (χ2v) is 10.1. The van der Waals surface area contributed by atoms with Crippen molar-refractivity contribution in [2.75, 3.05) is 13.7 Å². The van der Waals surface area contributed by atoms with E-state index in [0.717, 1.165) is 11.3 Å². The number of aromatic nitrogens is 1. The Bertz CT molecular complexity index is 1870. The summed E-state index contributed by atoms with van der Waals surface area (Å²) in [6, 6.07) is 13.8. The molecular weight excluding hydrogens is 558 g/mol. The van der Waals surface area contributed by atoms with Crippen molar-refractivity contribution in [2.45, 2.75) is 19.9 Å². The van der Waals surface area contributed by atoms with Crippen molar-refractivity contribution in [1.29, 1.82) is 0 Å². The van der Waals surface area contributed by atoms with Gasteiger partial charge < -0.3 is 13.9 Å². The molecule has 0 saturated carbocycles. The topological polar surface area (TPSA) is 126 Å². The average molecular weight is 580 g/mol. The third-order valence-electron chi connectivity index (χ3n) is 6.25. The molecule has 1 unspecified atom stereocenters. The third kappa shape index (κ3) is 4.96. The highest BCUT2D eigenvalue weighted by atomic mass is 35.5. The fourth-order valence-corrected chi connectivity index (χ4v) is 5.68. The second kappa shape index (κ2) is 10.9. The summed E-state index contributed by atoms with van der Waals surface area (Å²) in [5.74, 6) is 0.559. The van der Waals surface area contributed by atoms with E-state index >= 15 is 0 Å². The van der Waals surface area contributed by atoms with E-state index in [4.69, 9.17) is 25.5 Å². The summed E-state index contributed by atoms with van der Waals surface area (Å²) in [5.41, 5.74) is 1.01. The van der Waals surface area contributed by atoms with E-state index < -0.39 is 16.9 Å². The van der Waals surface area contributed by atoms with Gasteiger partial charge in [0.15, 0.2) is 4.80 Å². The summed E-state index contributed by atoms with van der Waals surface area (Å²) >= 11 is 7.07. The van der Waals surface area contributed by atoms with Crippen LogP contribution in [0.3, 0.4) is 0 Å². The highest BCUT2D eigenvalue weighted by molar-refractivity contribution is 7.07. The molecular formula is C28H22ClN3O7S. The maximum Gasteiger partial charge on any atom is 0.338 e. The van der Waals surface area contributed by atoms with Crippen molar-refractivity contribution >= 4 is 40.7 Å². The number of benzene rings is 2. The van der Waals surface area contributed by atoms with Gasteiger partial charge in [-0.15, -0.1) is 0 Å². The number of rotatable bonds is 7. The van der Waals surface area contributed by atoms with E-state index in [1.54, 1.807) is 56.3 Å². The summed E-state index contributed by atoms with van der Waals surface area (Å²) in [5, 5.41) is 11.8. The number of thiazole rings is 1. The molecule has 10 nitrogen and oxygen atoms in total. The van der Waals surface area contributed by atoms with Crippen LogP contribution in [0.5, 0.6) is 5.75 Å². The summed E-state index contributed by atoms with van der Waals surface area (Å²) in [6.07, 6.45) is 1.54. The molecule has 0 aliphatic carbocycles. The minimum absolute atomic E-state index is 0.164. The number of halogens is 1. The summed E-state index contributed by atoms with van der Waals surface area (Å²) in [7, 11) is 1.54. The zero-order chi connectivity index (χ0) is 28.6. The lowest BCUT2D eigenvalue weighted by molar-refractivity contribution is -0.384. The van der Waals surface area contributed by atoms with Gasteiger partial charge >= 0.3 is 5.97 Å². The highest BCUT2D eigenvalue weighted by Gasteiger charge is 2.33. The van der Waals surface area contributed by atoms with Crippen LogP contribution in [0.4, 0.5) is 5.69 Å².